The normalized spacial score (nSPS) is 26.4. The number of likely N-dealkylation sites (tertiary alicyclic amines) is 1. The third kappa shape index (κ3) is 1.32. The number of hydrogen-bond donors (Lipinski definition) is 0. The van der Waals surface area contributed by atoms with E-state index in [4.69, 9.17) is 0 Å². The van der Waals surface area contributed by atoms with E-state index in [-0.39, 0.29) is 6.42 Å². The van der Waals surface area contributed by atoms with Crippen LogP contribution in [-0.4, -0.2) is 28.5 Å². The van der Waals surface area contributed by atoms with Crippen molar-refractivity contribution in [1.82, 2.24) is 9.47 Å². The quantitative estimate of drug-likeness (QED) is 0.751. The Morgan fingerprint density at radius 2 is 2.06 bits per heavy atom. The summed E-state index contributed by atoms with van der Waals surface area (Å²) < 4.78 is 28.6. The lowest BCUT2D eigenvalue weighted by Gasteiger charge is -2.60. The van der Waals surface area contributed by atoms with Gasteiger partial charge >= 0.3 is 0 Å². The van der Waals surface area contributed by atoms with Crippen molar-refractivity contribution in [2.75, 3.05) is 13.1 Å². The number of halogens is 2. The molecule has 1 aliphatic heterocycles. The molecule has 2 nitrogen and oxygen atoms in total. The first kappa shape index (κ1) is 10.3. The Labute approximate surface area is 93.8 Å². The standard InChI is InChI=1S/C12H16F2N2/c1-15-5-2-10(6-15)7-16-8-11(9-16)3-4-12(11,13)14/h2,5-6H,3-4,7-9H2,1H3. The van der Waals surface area contributed by atoms with Crippen LogP contribution < -0.4 is 0 Å². The molecule has 2 heterocycles. The maximum absolute atomic E-state index is 13.3. The molecule has 0 radical (unpaired) electrons. The molecule has 1 spiro atoms. The second-order valence-electron chi connectivity index (χ2n) is 5.32. The number of aromatic nitrogens is 1. The number of rotatable bonds is 2. The molecule has 0 amide bonds. The SMILES string of the molecule is Cn1ccc(CN2CC3(CCC3(F)F)C2)c1. The Morgan fingerprint density at radius 3 is 2.50 bits per heavy atom. The molecule has 1 aromatic rings. The summed E-state index contributed by atoms with van der Waals surface area (Å²) >= 11 is 0. The van der Waals surface area contributed by atoms with Crippen LogP contribution in [0.4, 0.5) is 8.78 Å². The maximum Gasteiger partial charge on any atom is 0.256 e. The van der Waals surface area contributed by atoms with E-state index in [0.717, 1.165) is 6.54 Å². The van der Waals surface area contributed by atoms with Crippen LogP contribution in [0.25, 0.3) is 0 Å². The first-order valence-corrected chi connectivity index (χ1v) is 5.72. The van der Waals surface area contributed by atoms with Crippen LogP contribution in [0.15, 0.2) is 18.5 Å². The highest BCUT2D eigenvalue weighted by Gasteiger charge is 2.66. The zero-order valence-corrected chi connectivity index (χ0v) is 9.42. The molecule has 1 saturated heterocycles. The maximum atomic E-state index is 13.3. The molecule has 0 bridgehead atoms. The first-order valence-electron chi connectivity index (χ1n) is 5.72. The average Bonchev–Trinajstić information content (AvgIpc) is 2.55. The van der Waals surface area contributed by atoms with Crippen molar-refractivity contribution in [1.29, 1.82) is 0 Å². The molecule has 2 fully saturated rings. The molecule has 0 N–H and O–H groups in total. The van der Waals surface area contributed by atoms with Crippen LogP contribution in [-0.2, 0) is 13.6 Å². The van der Waals surface area contributed by atoms with Gasteiger partial charge in [-0.1, -0.05) is 0 Å². The zero-order chi connectivity index (χ0) is 11.4. The Bertz CT molecular complexity index is 405. The monoisotopic (exact) mass is 226 g/mol. The van der Waals surface area contributed by atoms with Gasteiger partial charge in [0.1, 0.15) is 0 Å². The van der Waals surface area contributed by atoms with Crippen molar-refractivity contribution >= 4 is 0 Å². The molecule has 1 aliphatic carbocycles. The summed E-state index contributed by atoms with van der Waals surface area (Å²) in [6, 6.07) is 2.05. The summed E-state index contributed by atoms with van der Waals surface area (Å²) in [6.07, 6.45) is 4.82. The van der Waals surface area contributed by atoms with Crippen LogP contribution in [0, 0.1) is 5.41 Å². The third-order valence-electron chi connectivity index (χ3n) is 4.05. The van der Waals surface area contributed by atoms with Crippen molar-refractivity contribution in [3.05, 3.63) is 24.0 Å². The van der Waals surface area contributed by atoms with E-state index in [0.29, 0.717) is 19.5 Å². The van der Waals surface area contributed by atoms with Crippen LogP contribution in [0.1, 0.15) is 18.4 Å². The van der Waals surface area contributed by atoms with Gasteiger partial charge in [0.15, 0.2) is 0 Å². The minimum atomic E-state index is -2.40. The predicted octanol–water partition coefficient (Wildman–Crippen LogP) is 2.26. The molecule has 0 unspecified atom stereocenters. The van der Waals surface area contributed by atoms with Gasteiger partial charge in [-0.2, -0.15) is 0 Å². The van der Waals surface area contributed by atoms with Crippen molar-refractivity contribution in [3.63, 3.8) is 0 Å². The van der Waals surface area contributed by atoms with Crippen LogP contribution in [0.3, 0.4) is 0 Å². The topological polar surface area (TPSA) is 8.17 Å². The lowest BCUT2D eigenvalue weighted by atomic mass is 9.60. The van der Waals surface area contributed by atoms with Crippen molar-refractivity contribution in [2.45, 2.75) is 25.3 Å². The Hall–Kier alpha value is -0.900. The summed E-state index contributed by atoms with van der Waals surface area (Å²) in [5, 5.41) is 0. The zero-order valence-electron chi connectivity index (χ0n) is 9.42. The number of nitrogens with zero attached hydrogens (tertiary/aromatic N) is 2. The number of aryl methyl sites for hydroxylation is 1. The Kier molecular flexibility index (Phi) is 1.97. The molecular weight excluding hydrogens is 210 g/mol. The van der Waals surface area contributed by atoms with Crippen LogP contribution in [0.5, 0.6) is 0 Å². The smallest absolute Gasteiger partial charge is 0.256 e. The van der Waals surface area contributed by atoms with Gasteiger partial charge in [-0.05, 0) is 18.1 Å². The van der Waals surface area contributed by atoms with Crippen LogP contribution in [0.2, 0.25) is 0 Å². The van der Waals surface area contributed by atoms with E-state index in [2.05, 4.69) is 4.90 Å². The van der Waals surface area contributed by atoms with Gasteiger partial charge in [0, 0.05) is 45.5 Å². The lowest BCUT2D eigenvalue weighted by molar-refractivity contribution is -0.260. The molecule has 88 valence electrons. The summed E-state index contributed by atoms with van der Waals surface area (Å²) in [5.74, 6) is -2.40. The number of hydrogen-bond acceptors (Lipinski definition) is 1. The summed E-state index contributed by atoms with van der Waals surface area (Å²) in [6.45, 7) is 1.93. The van der Waals surface area contributed by atoms with Crippen molar-refractivity contribution < 1.29 is 8.78 Å². The first-order chi connectivity index (χ1) is 7.51. The van der Waals surface area contributed by atoms with Gasteiger partial charge in [-0.3, -0.25) is 4.90 Å². The molecular formula is C12H16F2N2. The van der Waals surface area contributed by atoms with Gasteiger partial charge in [0.25, 0.3) is 5.92 Å². The van der Waals surface area contributed by atoms with E-state index < -0.39 is 11.3 Å². The van der Waals surface area contributed by atoms with E-state index in [1.54, 1.807) is 0 Å². The molecule has 3 rings (SSSR count). The third-order valence-corrected chi connectivity index (χ3v) is 4.05. The predicted molar refractivity (Wildman–Crippen MR) is 57.3 cm³/mol. The van der Waals surface area contributed by atoms with E-state index in [9.17, 15) is 8.78 Å². The van der Waals surface area contributed by atoms with E-state index in [1.165, 1.54) is 5.56 Å². The van der Waals surface area contributed by atoms with E-state index in [1.807, 2.05) is 30.1 Å². The molecule has 16 heavy (non-hydrogen) atoms. The fraction of sp³-hybridized carbons (Fsp3) is 0.667. The van der Waals surface area contributed by atoms with Gasteiger partial charge < -0.3 is 4.57 Å². The van der Waals surface area contributed by atoms with Crippen LogP contribution >= 0.6 is 0 Å². The highest BCUT2D eigenvalue weighted by molar-refractivity contribution is 5.15. The molecule has 4 heteroatoms. The minimum Gasteiger partial charge on any atom is -0.357 e. The number of alkyl halides is 2. The Balaban J connectivity index is 1.58. The highest BCUT2D eigenvalue weighted by Crippen LogP contribution is 2.58. The average molecular weight is 226 g/mol. The van der Waals surface area contributed by atoms with Gasteiger partial charge in [0.05, 0.1) is 5.41 Å². The minimum absolute atomic E-state index is 0.0895. The summed E-state index contributed by atoms with van der Waals surface area (Å²) in [7, 11) is 1.97. The highest BCUT2D eigenvalue weighted by atomic mass is 19.3. The second-order valence-corrected chi connectivity index (χ2v) is 5.32. The Morgan fingerprint density at radius 1 is 1.31 bits per heavy atom. The largest absolute Gasteiger partial charge is 0.357 e. The lowest BCUT2D eigenvalue weighted by Crippen LogP contribution is -2.69. The summed E-state index contributed by atoms with van der Waals surface area (Å²) in [5.41, 5.74) is 0.543. The molecule has 0 atom stereocenters. The fourth-order valence-corrected chi connectivity index (χ4v) is 2.89. The van der Waals surface area contributed by atoms with Gasteiger partial charge in [-0.15, -0.1) is 0 Å². The molecule has 0 aromatic carbocycles. The van der Waals surface area contributed by atoms with E-state index >= 15 is 0 Å². The van der Waals surface area contributed by atoms with Gasteiger partial charge in [-0.25, -0.2) is 8.78 Å². The van der Waals surface area contributed by atoms with Gasteiger partial charge in [0.2, 0.25) is 0 Å². The molecule has 1 saturated carbocycles. The molecule has 1 aromatic heterocycles. The summed E-state index contributed by atoms with van der Waals surface area (Å²) in [4.78, 5) is 2.11. The van der Waals surface area contributed by atoms with Crippen molar-refractivity contribution in [2.24, 2.45) is 12.5 Å². The van der Waals surface area contributed by atoms with Crippen molar-refractivity contribution in [3.8, 4) is 0 Å². The molecule has 2 aliphatic rings. The fourth-order valence-electron chi connectivity index (χ4n) is 2.89. The second kappa shape index (κ2) is 3.06.